The highest BCUT2D eigenvalue weighted by molar-refractivity contribution is 7.10. The number of hydrogen-bond acceptors (Lipinski definition) is 3. The van der Waals surface area contributed by atoms with Gasteiger partial charge in [0.1, 0.15) is 6.17 Å². The van der Waals surface area contributed by atoms with Gasteiger partial charge in [-0.15, -0.1) is 11.3 Å². The Kier molecular flexibility index (Phi) is 3.04. The number of rotatable bonds is 3. The summed E-state index contributed by atoms with van der Waals surface area (Å²) in [7, 11) is 0. The van der Waals surface area contributed by atoms with Crippen molar-refractivity contribution in [2.24, 2.45) is 16.7 Å². The van der Waals surface area contributed by atoms with Gasteiger partial charge < -0.3 is 4.90 Å². The Hall–Kier alpha value is -0.870. The van der Waals surface area contributed by atoms with Gasteiger partial charge in [0.05, 0.1) is 6.04 Å². The Morgan fingerprint density at radius 3 is 2.45 bits per heavy atom. The molecule has 1 aliphatic carbocycles. The Labute approximate surface area is 125 Å². The average molecular weight is 292 g/mol. The molecule has 2 aliphatic rings. The molecule has 4 heteroatoms. The van der Waals surface area contributed by atoms with E-state index in [1.54, 1.807) is 11.3 Å². The first-order chi connectivity index (χ1) is 9.26. The van der Waals surface area contributed by atoms with E-state index in [1.165, 1.54) is 4.88 Å². The van der Waals surface area contributed by atoms with Crippen molar-refractivity contribution in [3.05, 3.63) is 22.4 Å². The van der Waals surface area contributed by atoms with E-state index in [0.29, 0.717) is 16.7 Å². The zero-order valence-corrected chi connectivity index (χ0v) is 13.8. The second-order valence-electron chi connectivity index (χ2n) is 7.29. The summed E-state index contributed by atoms with van der Waals surface area (Å²) in [5, 5.41) is 5.51. The fraction of sp³-hybridized carbons (Fsp3) is 0.688. The van der Waals surface area contributed by atoms with Gasteiger partial charge in [0.2, 0.25) is 5.91 Å². The first-order valence-corrected chi connectivity index (χ1v) is 8.24. The van der Waals surface area contributed by atoms with Crippen molar-refractivity contribution in [3.63, 3.8) is 0 Å². The molecule has 1 N–H and O–H groups in total. The van der Waals surface area contributed by atoms with Crippen molar-refractivity contribution in [2.45, 2.75) is 46.8 Å². The summed E-state index contributed by atoms with van der Waals surface area (Å²) in [5.74, 6) is 0.815. The van der Waals surface area contributed by atoms with Crippen LogP contribution in [0.15, 0.2) is 17.5 Å². The minimum absolute atomic E-state index is 0.0599. The molecule has 20 heavy (non-hydrogen) atoms. The first kappa shape index (κ1) is 14.1. The van der Waals surface area contributed by atoms with E-state index in [2.05, 4.69) is 55.4 Å². The molecule has 2 atom stereocenters. The molecule has 1 saturated heterocycles. The fourth-order valence-corrected chi connectivity index (χ4v) is 4.43. The zero-order valence-electron chi connectivity index (χ0n) is 12.9. The van der Waals surface area contributed by atoms with Gasteiger partial charge in [-0.3, -0.25) is 10.1 Å². The van der Waals surface area contributed by atoms with Crippen LogP contribution in [0, 0.1) is 16.7 Å². The van der Waals surface area contributed by atoms with Crippen molar-refractivity contribution in [2.75, 3.05) is 6.54 Å². The van der Waals surface area contributed by atoms with E-state index in [1.807, 2.05) is 6.92 Å². The van der Waals surface area contributed by atoms with Gasteiger partial charge in [-0.05, 0) is 35.1 Å². The molecule has 0 spiro atoms. The van der Waals surface area contributed by atoms with Crippen LogP contribution in [-0.2, 0) is 4.79 Å². The second kappa shape index (κ2) is 4.31. The first-order valence-electron chi connectivity index (χ1n) is 7.36. The Balaban J connectivity index is 1.82. The smallest absolute Gasteiger partial charge is 0.241 e. The quantitative estimate of drug-likeness (QED) is 0.927. The predicted octanol–water partition coefficient (Wildman–Crippen LogP) is 3.25. The van der Waals surface area contributed by atoms with Gasteiger partial charge in [-0.2, -0.15) is 0 Å². The van der Waals surface area contributed by atoms with Gasteiger partial charge >= 0.3 is 0 Å². The molecule has 1 saturated carbocycles. The van der Waals surface area contributed by atoms with E-state index in [-0.39, 0.29) is 18.1 Å². The highest BCUT2D eigenvalue weighted by Gasteiger charge is 2.65. The zero-order chi connectivity index (χ0) is 14.7. The van der Waals surface area contributed by atoms with Crippen LogP contribution in [0.4, 0.5) is 0 Å². The predicted molar refractivity (Wildman–Crippen MR) is 82.4 cm³/mol. The average Bonchev–Trinajstić information content (AvgIpc) is 2.83. The van der Waals surface area contributed by atoms with Crippen LogP contribution in [0.5, 0.6) is 0 Å². The van der Waals surface area contributed by atoms with E-state index in [4.69, 9.17) is 0 Å². The summed E-state index contributed by atoms with van der Waals surface area (Å²) in [6, 6.07) is 4.09. The molecular formula is C16H24N2OS. The molecule has 1 amide bonds. The molecule has 110 valence electrons. The van der Waals surface area contributed by atoms with Crippen LogP contribution in [0.1, 0.15) is 45.7 Å². The summed E-state index contributed by atoms with van der Waals surface area (Å²) in [6.45, 7) is 12.1. The molecule has 0 radical (unpaired) electrons. The molecule has 1 aromatic rings. The molecule has 2 unspecified atom stereocenters. The summed E-state index contributed by atoms with van der Waals surface area (Å²) >= 11 is 1.72. The second-order valence-corrected chi connectivity index (χ2v) is 8.27. The van der Waals surface area contributed by atoms with Crippen molar-refractivity contribution >= 4 is 17.2 Å². The summed E-state index contributed by atoms with van der Waals surface area (Å²) in [5.41, 5.74) is 0.637. The van der Waals surface area contributed by atoms with E-state index >= 15 is 0 Å². The standard InChI is InChI=1S/C16H24N2OS/c1-10-14(19)18(9-12-15(2,3)16(12,4)5)13(17-10)11-7-6-8-20-11/h6-8,10,12-13,17H,9H2,1-5H3. The third-order valence-corrected chi connectivity index (χ3v) is 6.81. The van der Waals surface area contributed by atoms with Crippen LogP contribution in [0.2, 0.25) is 0 Å². The number of hydrogen-bond donors (Lipinski definition) is 1. The summed E-state index contributed by atoms with van der Waals surface area (Å²) in [6.07, 6.45) is 0.0599. The van der Waals surface area contributed by atoms with Gasteiger partial charge in [-0.25, -0.2) is 0 Å². The van der Waals surface area contributed by atoms with E-state index in [0.717, 1.165) is 6.54 Å². The molecule has 0 aromatic carbocycles. The van der Waals surface area contributed by atoms with Gasteiger partial charge in [-0.1, -0.05) is 33.8 Å². The van der Waals surface area contributed by atoms with Crippen LogP contribution < -0.4 is 5.32 Å². The lowest BCUT2D eigenvalue weighted by atomic mass is 10.0. The van der Waals surface area contributed by atoms with Crippen LogP contribution in [0.25, 0.3) is 0 Å². The topological polar surface area (TPSA) is 32.3 Å². The monoisotopic (exact) mass is 292 g/mol. The molecule has 3 nitrogen and oxygen atoms in total. The van der Waals surface area contributed by atoms with E-state index in [9.17, 15) is 4.79 Å². The van der Waals surface area contributed by atoms with Crippen LogP contribution >= 0.6 is 11.3 Å². The maximum Gasteiger partial charge on any atom is 0.241 e. The molecule has 3 rings (SSSR count). The minimum Gasteiger partial charge on any atom is -0.320 e. The fourth-order valence-electron chi connectivity index (χ4n) is 3.64. The molecule has 2 fully saturated rings. The summed E-state index contributed by atoms with van der Waals surface area (Å²) < 4.78 is 0. The third kappa shape index (κ3) is 1.85. The van der Waals surface area contributed by atoms with E-state index < -0.39 is 0 Å². The molecular weight excluding hydrogens is 268 g/mol. The number of amides is 1. The lowest BCUT2D eigenvalue weighted by molar-refractivity contribution is -0.130. The maximum absolute atomic E-state index is 12.5. The van der Waals surface area contributed by atoms with Crippen molar-refractivity contribution in [1.82, 2.24) is 10.2 Å². The number of carbonyl (C=O) groups is 1. The Bertz CT molecular complexity index is 507. The van der Waals surface area contributed by atoms with Crippen molar-refractivity contribution in [1.29, 1.82) is 0 Å². The minimum atomic E-state index is -0.0768. The largest absolute Gasteiger partial charge is 0.320 e. The number of carbonyl (C=O) groups excluding carboxylic acids is 1. The Morgan fingerprint density at radius 1 is 1.30 bits per heavy atom. The number of nitrogens with zero attached hydrogens (tertiary/aromatic N) is 1. The SMILES string of the molecule is CC1NC(c2cccs2)N(CC2C(C)(C)C2(C)C)C1=O. The van der Waals surface area contributed by atoms with Crippen molar-refractivity contribution < 1.29 is 4.79 Å². The van der Waals surface area contributed by atoms with Crippen LogP contribution in [-0.4, -0.2) is 23.4 Å². The highest BCUT2D eigenvalue weighted by Crippen LogP contribution is 2.68. The third-order valence-electron chi connectivity index (χ3n) is 5.88. The van der Waals surface area contributed by atoms with Gasteiger partial charge in [0, 0.05) is 11.4 Å². The van der Waals surface area contributed by atoms with Gasteiger partial charge in [0.25, 0.3) is 0 Å². The Morgan fingerprint density at radius 2 is 1.95 bits per heavy atom. The molecule has 1 aromatic heterocycles. The van der Waals surface area contributed by atoms with Crippen molar-refractivity contribution in [3.8, 4) is 0 Å². The van der Waals surface area contributed by atoms with Gasteiger partial charge in [0.15, 0.2) is 0 Å². The molecule has 2 heterocycles. The summed E-state index contributed by atoms with van der Waals surface area (Å²) in [4.78, 5) is 15.8. The molecule has 0 bridgehead atoms. The highest BCUT2D eigenvalue weighted by atomic mass is 32.1. The van der Waals surface area contributed by atoms with Crippen LogP contribution in [0.3, 0.4) is 0 Å². The normalized spacial score (nSPS) is 31.9. The lowest BCUT2D eigenvalue weighted by Crippen LogP contribution is -2.33. The number of nitrogens with one attached hydrogen (secondary N) is 1. The lowest BCUT2D eigenvalue weighted by Gasteiger charge is -2.24. The number of thiophene rings is 1. The maximum atomic E-state index is 12.5. The molecule has 1 aliphatic heterocycles.